The van der Waals surface area contributed by atoms with Crippen molar-refractivity contribution in [2.24, 2.45) is 0 Å². The van der Waals surface area contributed by atoms with Crippen molar-refractivity contribution in [1.29, 1.82) is 0 Å². The summed E-state index contributed by atoms with van der Waals surface area (Å²) in [6, 6.07) is 5.18. The molecular formula is C13H10N4O2S. The smallest absolute Gasteiger partial charge is 0.354 e. The zero-order valence-electron chi connectivity index (χ0n) is 10.3. The van der Waals surface area contributed by atoms with Crippen LogP contribution in [0.5, 0.6) is 0 Å². The normalized spacial score (nSPS) is 10.6. The van der Waals surface area contributed by atoms with Crippen LogP contribution in [0.2, 0.25) is 0 Å². The van der Waals surface area contributed by atoms with Gasteiger partial charge in [0.2, 0.25) is 0 Å². The summed E-state index contributed by atoms with van der Waals surface area (Å²) in [7, 11) is 0. The van der Waals surface area contributed by atoms with Crippen molar-refractivity contribution in [3.8, 4) is 0 Å². The van der Waals surface area contributed by atoms with Crippen LogP contribution < -0.4 is 5.32 Å². The van der Waals surface area contributed by atoms with Crippen LogP contribution in [0, 0.1) is 0 Å². The van der Waals surface area contributed by atoms with Crippen molar-refractivity contribution in [3.63, 3.8) is 0 Å². The Balaban J connectivity index is 1.76. The van der Waals surface area contributed by atoms with E-state index in [-0.39, 0.29) is 5.69 Å². The van der Waals surface area contributed by atoms with Crippen LogP contribution in [0.25, 0.3) is 10.2 Å². The van der Waals surface area contributed by atoms with Gasteiger partial charge in [0.15, 0.2) is 0 Å². The third-order valence-electron chi connectivity index (χ3n) is 2.77. The lowest BCUT2D eigenvalue weighted by molar-refractivity contribution is 0.0690. The number of fused-ring (bicyclic) bond motifs is 1. The fourth-order valence-corrected chi connectivity index (χ4v) is 2.50. The van der Waals surface area contributed by atoms with E-state index < -0.39 is 5.97 Å². The topological polar surface area (TPSA) is 88.0 Å². The summed E-state index contributed by atoms with van der Waals surface area (Å²) in [6.07, 6.45) is 3.06. The standard InChI is InChI=1S/C13H10N4O2S/c18-13(19)10-2-1-8(5-14-10)6-15-11-9-3-4-20-12(9)17-7-16-11/h1-5,7H,6H2,(H,18,19)(H,15,16,17). The molecule has 0 aliphatic heterocycles. The van der Waals surface area contributed by atoms with Crippen LogP contribution >= 0.6 is 11.3 Å². The van der Waals surface area contributed by atoms with Crippen LogP contribution in [0.4, 0.5) is 5.82 Å². The van der Waals surface area contributed by atoms with E-state index in [0.717, 1.165) is 21.6 Å². The fourth-order valence-electron chi connectivity index (χ4n) is 1.77. The number of pyridine rings is 1. The van der Waals surface area contributed by atoms with Gasteiger partial charge >= 0.3 is 5.97 Å². The number of aromatic carboxylic acids is 1. The minimum Gasteiger partial charge on any atom is -0.477 e. The molecule has 0 aromatic carbocycles. The second-order valence-corrected chi connectivity index (χ2v) is 4.97. The van der Waals surface area contributed by atoms with Crippen molar-refractivity contribution in [2.75, 3.05) is 5.32 Å². The number of carboxylic acids is 1. The molecule has 0 atom stereocenters. The quantitative estimate of drug-likeness (QED) is 0.765. The molecule has 0 radical (unpaired) electrons. The molecule has 0 saturated carbocycles. The molecule has 3 aromatic heterocycles. The second kappa shape index (κ2) is 5.22. The summed E-state index contributed by atoms with van der Waals surface area (Å²) in [5.41, 5.74) is 0.924. The van der Waals surface area contributed by atoms with Crippen LogP contribution in [0.15, 0.2) is 36.1 Å². The van der Waals surface area contributed by atoms with E-state index in [1.54, 1.807) is 23.6 Å². The molecule has 2 N–H and O–H groups in total. The predicted molar refractivity (Wildman–Crippen MR) is 75.9 cm³/mol. The van der Waals surface area contributed by atoms with Crippen molar-refractivity contribution < 1.29 is 9.90 Å². The number of carboxylic acid groups (broad SMARTS) is 1. The Bertz CT molecular complexity index is 754. The molecule has 0 unspecified atom stereocenters. The molecule has 6 nitrogen and oxygen atoms in total. The van der Waals surface area contributed by atoms with Gasteiger partial charge < -0.3 is 10.4 Å². The van der Waals surface area contributed by atoms with E-state index in [1.165, 1.54) is 12.4 Å². The third kappa shape index (κ3) is 2.43. The van der Waals surface area contributed by atoms with Gasteiger partial charge in [-0.1, -0.05) is 6.07 Å². The molecule has 7 heteroatoms. The summed E-state index contributed by atoms with van der Waals surface area (Å²) in [5.74, 6) is -0.265. The lowest BCUT2D eigenvalue weighted by Gasteiger charge is -2.06. The number of nitrogens with zero attached hydrogens (tertiary/aromatic N) is 3. The number of anilines is 1. The van der Waals surface area contributed by atoms with Crippen LogP contribution in [-0.4, -0.2) is 26.0 Å². The van der Waals surface area contributed by atoms with Gasteiger partial charge in [0.05, 0.1) is 5.39 Å². The minimum atomic E-state index is -1.03. The Morgan fingerprint density at radius 3 is 2.90 bits per heavy atom. The van der Waals surface area contributed by atoms with Crippen molar-refractivity contribution in [2.45, 2.75) is 6.54 Å². The Morgan fingerprint density at radius 2 is 2.15 bits per heavy atom. The summed E-state index contributed by atoms with van der Waals surface area (Å²) < 4.78 is 0. The molecule has 0 spiro atoms. The Labute approximate surface area is 118 Å². The lowest BCUT2D eigenvalue weighted by atomic mass is 10.2. The monoisotopic (exact) mass is 286 g/mol. The van der Waals surface area contributed by atoms with Gasteiger partial charge in [-0.25, -0.2) is 19.7 Å². The number of carbonyl (C=O) groups is 1. The molecule has 0 aliphatic carbocycles. The SMILES string of the molecule is O=C(O)c1ccc(CNc2ncnc3sccc23)cn1. The predicted octanol–water partition coefficient (Wildman–Crippen LogP) is 2.40. The Hall–Kier alpha value is -2.54. The van der Waals surface area contributed by atoms with Crippen molar-refractivity contribution in [3.05, 3.63) is 47.4 Å². The highest BCUT2D eigenvalue weighted by Gasteiger charge is 2.06. The highest BCUT2D eigenvalue weighted by atomic mass is 32.1. The van der Waals surface area contributed by atoms with Crippen molar-refractivity contribution >= 4 is 33.3 Å². The van der Waals surface area contributed by atoms with Gasteiger partial charge in [-0.2, -0.15) is 0 Å². The lowest BCUT2D eigenvalue weighted by Crippen LogP contribution is -2.04. The summed E-state index contributed by atoms with van der Waals surface area (Å²) >= 11 is 1.56. The van der Waals surface area contributed by atoms with Gasteiger partial charge in [-0.15, -0.1) is 11.3 Å². The van der Waals surface area contributed by atoms with Crippen LogP contribution in [0.1, 0.15) is 16.1 Å². The highest BCUT2D eigenvalue weighted by molar-refractivity contribution is 7.16. The molecule has 0 amide bonds. The number of hydrogen-bond acceptors (Lipinski definition) is 6. The first kappa shape index (κ1) is 12.5. The fraction of sp³-hybridized carbons (Fsp3) is 0.0769. The molecule has 0 fully saturated rings. The Kier molecular flexibility index (Phi) is 3.26. The van der Waals surface area contributed by atoms with Gasteiger partial charge in [-0.3, -0.25) is 0 Å². The zero-order chi connectivity index (χ0) is 13.9. The number of nitrogens with one attached hydrogen (secondary N) is 1. The van der Waals surface area contributed by atoms with Crippen LogP contribution in [-0.2, 0) is 6.54 Å². The molecule has 0 saturated heterocycles. The second-order valence-electron chi connectivity index (χ2n) is 4.07. The average molecular weight is 286 g/mol. The molecule has 0 bridgehead atoms. The van der Waals surface area contributed by atoms with E-state index in [9.17, 15) is 4.79 Å². The minimum absolute atomic E-state index is 0.0380. The maximum atomic E-state index is 10.7. The molecular weight excluding hydrogens is 276 g/mol. The van der Waals surface area contributed by atoms with E-state index in [4.69, 9.17) is 5.11 Å². The number of thiophene rings is 1. The number of aromatic nitrogens is 3. The summed E-state index contributed by atoms with van der Waals surface area (Å²) in [6.45, 7) is 0.523. The summed E-state index contributed by atoms with van der Waals surface area (Å²) in [4.78, 5) is 23.9. The van der Waals surface area contributed by atoms with Gasteiger partial charge in [-0.05, 0) is 23.1 Å². The summed E-state index contributed by atoms with van der Waals surface area (Å²) in [5, 5.41) is 14.9. The molecule has 0 aliphatic rings. The molecule has 3 rings (SSSR count). The van der Waals surface area contributed by atoms with Crippen LogP contribution in [0.3, 0.4) is 0 Å². The van der Waals surface area contributed by atoms with Gasteiger partial charge in [0.1, 0.15) is 22.7 Å². The first-order valence-corrected chi connectivity index (χ1v) is 6.72. The average Bonchev–Trinajstić information content (AvgIpc) is 2.94. The van der Waals surface area contributed by atoms with E-state index in [0.29, 0.717) is 6.54 Å². The highest BCUT2D eigenvalue weighted by Crippen LogP contribution is 2.23. The van der Waals surface area contributed by atoms with E-state index >= 15 is 0 Å². The maximum Gasteiger partial charge on any atom is 0.354 e. The number of hydrogen-bond donors (Lipinski definition) is 2. The van der Waals surface area contributed by atoms with Gasteiger partial charge in [0.25, 0.3) is 0 Å². The largest absolute Gasteiger partial charge is 0.477 e. The molecule has 100 valence electrons. The molecule has 3 aromatic rings. The Morgan fingerprint density at radius 1 is 1.25 bits per heavy atom. The molecule has 20 heavy (non-hydrogen) atoms. The first-order valence-electron chi connectivity index (χ1n) is 5.84. The van der Waals surface area contributed by atoms with Gasteiger partial charge in [0, 0.05) is 12.7 Å². The first-order chi connectivity index (χ1) is 9.74. The van der Waals surface area contributed by atoms with Crippen molar-refractivity contribution in [1.82, 2.24) is 15.0 Å². The van der Waals surface area contributed by atoms with E-state index in [1.807, 2.05) is 11.4 Å². The zero-order valence-corrected chi connectivity index (χ0v) is 11.1. The van der Waals surface area contributed by atoms with E-state index in [2.05, 4.69) is 20.3 Å². The number of rotatable bonds is 4. The third-order valence-corrected chi connectivity index (χ3v) is 3.59. The molecule has 3 heterocycles. The maximum absolute atomic E-state index is 10.7.